The first-order valence-electron chi connectivity index (χ1n) is 1.89. The van der Waals surface area contributed by atoms with Crippen molar-refractivity contribution in [3.8, 4) is 0 Å². The fourth-order valence-corrected chi connectivity index (χ4v) is 0.896. The maximum atomic E-state index is 5.33. The maximum absolute atomic E-state index is 5.33. The lowest BCUT2D eigenvalue weighted by molar-refractivity contribution is 2.18. The molecule has 0 aliphatic carbocycles. The molecule has 1 rings (SSSR count). The molecule has 0 aliphatic rings. The smallest absolute Gasteiger partial charge is 0.128 e. The van der Waals surface area contributed by atoms with Crippen molar-refractivity contribution in [2.45, 2.75) is 0 Å². The van der Waals surface area contributed by atoms with Gasteiger partial charge in [-0.2, -0.15) is 11.3 Å². The molecule has 1 aromatic heterocycles. The average molecular weight is 104 g/mol. The van der Waals surface area contributed by atoms with Crippen LogP contribution in [0.1, 0.15) is 0 Å². The summed E-state index contributed by atoms with van der Waals surface area (Å²) < 4.78 is 0.708. The predicted octanol–water partition coefficient (Wildman–Crippen LogP) is -0.664. The van der Waals surface area contributed by atoms with E-state index in [9.17, 15) is 0 Å². The summed E-state index contributed by atoms with van der Waals surface area (Å²) in [5, 5.41) is 1.87. The highest BCUT2D eigenvalue weighted by molar-refractivity contribution is 7.19. The average Bonchev–Trinajstić information content (AvgIpc) is 1.91. The Kier molecular flexibility index (Phi) is 1.24. The van der Waals surface area contributed by atoms with E-state index in [1.165, 1.54) is 11.3 Å². The van der Waals surface area contributed by atoms with E-state index < -0.39 is 0 Å². The zero-order chi connectivity index (χ0) is 5.28. The molecule has 0 aliphatic heterocycles. The van der Waals surface area contributed by atoms with Crippen LogP contribution in [0.15, 0.2) is 11.4 Å². The van der Waals surface area contributed by atoms with Gasteiger partial charge in [-0.05, 0) is 5.38 Å². The molecule has 0 amide bonds. The van der Waals surface area contributed by atoms with Crippen LogP contribution in [0.5, 0.6) is 0 Å². The van der Waals surface area contributed by atoms with Gasteiger partial charge in [-0.15, -0.1) is 0 Å². The Morgan fingerprint density at radius 1 is 1.43 bits per heavy atom. The summed E-state index contributed by atoms with van der Waals surface area (Å²) in [6.07, 6.45) is 0. The summed E-state index contributed by atoms with van der Waals surface area (Å²) in [7, 11) is 10.7. The third kappa shape index (κ3) is 0.885. The molecule has 0 aromatic carbocycles. The Balaban J connectivity index is 3.12. The van der Waals surface area contributed by atoms with E-state index in [0.29, 0.717) is 10.2 Å². The summed E-state index contributed by atoms with van der Waals surface area (Å²) >= 11 is 1.46. The Labute approximate surface area is 49.4 Å². The summed E-state index contributed by atoms with van der Waals surface area (Å²) in [5.41, 5.74) is 0.685. The quantitative estimate of drug-likeness (QED) is 0.383. The highest BCUT2D eigenvalue weighted by Gasteiger charge is 1.86. The highest BCUT2D eigenvalue weighted by atomic mass is 32.1. The van der Waals surface area contributed by atoms with Gasteiger partial charge in [0.2, 0.25) is 0 Å². The summed E-state index contributed by atoms with van der Waals surface area (Å²) in [6.45, 7) is 0. The van der Waals surface area contributed by atoms with E-state index in [2.05, 4.69) is 0 Å². The summed E-state index contributed by atoms with van der Waals surface area (Å²) in [4.78, 5) is 0. The van der Waals surface area contributed by atoms with Crippen molar-refractivity contribution in [2.75, 3.05) is 0 Å². The molecular weight excluding hydrogens is 102 g/mol. The SMILES string of the molecule is [B]c1ccsc1[B]. The van der Waals surface area contributed by atoms with Gasteiger partial charge in [0.1, 0.15) is 15.7 Å². The molecule has 1 aromatic rings. The minimum absolute atomic E-state index is 0.685. The van der Waals surface area contributed by atoms with Crippen LogP contribution in [-0.4, -0.2) is 15.7 Å². The van der Waals surface area contributed by atoms with Gasteiger partial charge in [0, 0.05) is 0 Å². The van der Waals surface area contributed by atoms with E-state index in [1.54, 1.807) is 6.07 Å². The first kappa shape index (κ1) is 4.98. The summed E-state index contributed by atoms with van der Waals surface area (Å²) in [5.74, 6) is 0. The molecule has 0 spiro atoms. The van der Waals surface area contributed by atoms with E-state index in [0.717, 1.165) is 0 Å². The number of rotatable bonds is 0. The normalized spacial score (nSPS) is 9.14. The first-order valence-corrected chi connectivity index (χ1v) is 2.77. The second-order valence-electron chi connectivity index (χ2n) is 1.24. The van der Waals surface area contributed by atoms with E-state index in [4.69, 9.17) is 15.7 Å². The molecule has 0 bridgehead atoms. The molecule has 0 unspecified atom stereocenters. The third-order valence-corrected chi connectivity index (χ3v) is 1.49. The van der Waals surface area contributed by atoms with Crippen molar-refractivity contribution in [3.05, 3.63) is 11.4 Å². The monoisotopic (exact) mass is 104 g/mol. The Morgan fingerprint density at radius 3 is 2.29 bits per heavy atom. The fraction of sp³-hybridized carbons (Fsp3) is 0. The van der Waals surface area contributed by atoms with Gasteiger partial charge in [0.15, 0.2) is 0 Å². The number of hydrogen-bond donors (Lipinski definition) is 0. The van der Waals surface area contributed by atoms with Crippen LogP contribution in [0.2, 0.25) is 0 Å². The summed E-state index contributed by atoms with van der Waals surface area (Å²) in [6, 6.07) is 1.79. The van der Waals surface area contributed by atoms with Crippen LogP contribution in [-0.2, 0) is 0 Å². The van der Waals surface area contributed by atoms with Crippen LogP contribution < -0.4 is 10.2 Å². The third-order valence-electron chi connectivity index (χ3n) is 0.727. The molecule has 0 N–H and O–H groups in total. The lowest BCUT2D eigenvalue weighted by Crippen LogP contribution is -2.18. The van der Waals surface area contributed by atoms with Crippen LogP contribution in [0.4, 0.5) is 0 Å². The second-order valence-corrected chi connectivity index (χ2v) is 2.19. The van der Waals surface area contributed by atoms with Gasteiger partial charge in [0.05, 0.1) is 0 Å². The first-order chi connectivity index (χ1) is 3.30. The van der Waals surface area contributed by atoms with Gasteiger partial charge in [-0.3, -0.25) is 0 Å². The Morgan fingerprint density at radius 2 is 2.14 bits per heavy atom. The van der Waals surface area contributed by atoms with Crippen LogP contribution in [0.25, 0.3) is 0 Å². The van der Waals surface area contributed by atoms with Gasteiger partial charge in [-0.25, -0.2) is 0 Å². The molecule has 1 heterocycles. The van der Waals surface area contributed by atoms with Crippen molar-refractivity contribution in [3.63, 3.8) is 0 Å². The van der Waals surface area contributed by atoms with E-state index in [-0.39, 0.29) is 0 Å². The molecule has 7 heavy (non-hydrogen) atoms. The maximum Gasteiger partial charge on any atom is 0.128 e. The van der Waals surface area contributed by atoms with E-state index >= 15 is 0 Å². The number of thiophene rings is 1. The van der Waals surface area contributed by atoms with Crippen molar-refractivity contribution in [1.82, 2.24) is 0 Å². The minimum atomic E-state index is 0.685. The lowest BCUT2D eigenvalue weighted by Gasteiger charge is -1.80. The van der Waals surface area contributed by atoms with Gasteiger partial charge in [-0.1, -0.05) is 16.3 Å². The molecule has 3 heteroatoms. The molecule has 0 fully saturated rings. The largest absolute Gasteiger partial charge is 0.161 e. The van der Waals surface area contributed by atoms with Crippen molar-refractivity contribution < 1.29 is 0 Å². The van der Waals surface area contributed by atoms with Crippen LogP contribution in [0, 0.1) is 0 Å². The molecule has 4 radical (unpaired) electrons. The minimum Gasteiger partial charge on any atom is -0.161 e. The van der Waals surface area contributed by atoms with E-state index in [1.807, 2.05) is 5.38 Å². The van der Waals surface area contributed by atoms with Gasteiger partial charge < -0.3 is 0 Å². The fourth-order valence-electron chi connectivity index (χ4n) is 0.331. The van der Waals surface area contributed by atoms with Crippen LogP contribution >= 0.6 is 11.3 Å². The zero-order valence-corrected chi connectivity index (χ0v) is 4.53. The molecular formula is C4H2B2S. The predicted molar refractivity (Wildman–Crippen MR) is 35.1 cm³/mol. The molecule has 30 valence electrons. The van der Waals surface area contributed by atoms with Crippen molar-refractivity contribution in [1.29, 1.82) is 0 Å². The topological polar surface area (TPSA) is 0 Å². The molecule has 0 saturated carbocycles. The van der Waals surface area contributed by atoms with Crippen molar-refractivity contribution >= 4 is 37.3 Å². The Hall–Kier alpha value is -0.170. The molecule has 0 saturated heterocycles. The number of hydrogen-bond acceptors (Lipinski definition) is 1. The highest BCUT2D eigenvalue weighted by Crippen LogP contribution is 1.84. The lowest BCUT2D eigenvalue weighted by atomic mass is 9.89. The Bertz CT molecular complexity index is 142. The van der Waals surface area contributed by atoms with Crippen molar-refractivity contribution in [2.24, 2.45) is 0 Å². The van der Waals surface area contributed by atoms with Gasteiger partial charge in [0.25, 0.3) is 0 Å². The molecule has 0 atom stereocenters. The zero-order valence-electron chi connectivity index (χ0n) is 3.72. The standard InChI is InChI=1S/C4H2B2S/c5-3-1-2-7-4(3)6/h1-2H. The second kappa shape index (κ2) is 1.74. The van der Waals surface area contributed by atoms with Crippen LogP contribution in [0.3, 0.4) is 0 Å². The van der Waals surface area contributed by atoms with Gasteiger partial charge >= 0.3 is 0 Å². The molecule has 0 nitrogen and oxygen atoms in total.